The van der Waals surface area contributed by atoms with Crippen molar-refractivity contribution in [3.63, 3.8) is 0 Å². The molecule has 3 atom stereocenters. The van der Waals surface area contributed by atoms with Crippen molar-refractivity contribution in [1.29, 1.82) is 5.26 Å². The third kappa shape index (κ3) is 3.13. The summed E-state index contributed by atoms with van der Waals surface area (Å²) >= 11 is 6.42. The summed E-state index contributed by atoms with van der Waals surface area (Å²) in [6, 6.07) is 12.9. The standard InChI is InChI=1S/C21H17ClN2O3/c22-18-11-13(21(25)26)10-17-15-2-1-3-16(15)19(24-20(17)18)12-4-6-14(7-5-12)27-9-8-23/h1-2,4-7,10-11,15-16,19,24H,3,9H2,(H,25,26)/t15-,16+,19+/m1/s1. The predicted molar refractivity (Wildman–Crippen MR) is 102 cm³/mol. The first-order chi connectivity index (χ1) is 13.1. The van der Waals surface area contributed by atoms with Crippen LogP contribution in [0.15, 0.2) is 48.6 Å². The van der Waals surface area contributed by atoms with Crippen molar-refractivity contribution in [2.75, 3.05) is 11.9 Å². The Morgan fingerprint density at radius 2 is 2.11 bits per heavy atom. The molecular formula is C21H17ClN2O3. The maximum absolute atomic E-state index is 11.4. The zero-order valence-corrected chi connectivity index (χ0v) is 15.1. The topological polar surface area (TPSA) is 82.3 Å². The molecule has 136 valence electrons. The zero-order chi connectivity index (χ0) is 19.0. The Kier molecular flexibility index (Phi) is 4.51. The first-order valence-corrected chi connectivity index (χ1v) is 9.06. The molecule has 0 unspecified atom stereocenters. The molecule has 0 saturated carbocycles. The highest BCUT2D eigenvalue weighted by atomic mass is 35.5. The number of nitrogens with zero attached hydrogens (tertiary/aromatic N) is 1. The Balaban J connectivity index is 1.70. The van der Waals surface area contributed by atoms with Gasteiger partial charge in [-0.05, 0) is 47.7 Å². The van der Waals surface area contributed by atoms with Crippen LogP contribution in [-0.2, 0) is 0 Å². The lowest BCUT2D eigenvalue weighted by Gasteiger charge is -2.38. The minimum Gasteiger partial charge on any atom is -0.479 e. The van der Waals surface area contributed by atoms with E-state index in [-0.39, 0.29) is 30.0 Å². The first-order valence-electron chi connectivity index (χ1n) is 8.68. The van der Waals surface area contributed by atoms with Gasteiger partial charge in [-0.2, -0.15) is 5.26 Å². The van der Waals surface area contributed by atoms with Gasteiger partial charge in [-0.25, -0.2) is 4.79 Å². The van der Waals surface area contributed by atoms with Crippen molar-refractivity contribution in [3.05, 3.63) is 70.3 Å². The van der Waals surface area contributed by atoms with Gasteiger partial charge >= 0.3 is 5.97 Å². The van der Waals surface area contributed by atoms with E-state index < -0.39 is 5.97 Å². The van der Waals surface area contributed by atoms with E-state index in [9.17, 15) is 9.90 Å². The normalized spacial score (nSPS) is 22.3. The molecule has 27 heavy (non-hydrogen) atoms. The van der Waals surface area contributed by atoms with Gasteiger partial charge in [0.05, 0.1) is 22.3 Å². The van der Waals surface area contributed by atoms with Gasteiger partial charge in [0.2, 0.25) is 0 Å². The van der Waals surface area contributed by atoms with Gasteiger partial charge in [0.15, 0.2) is 6.61 Å². The average molecular weight is 381 g/mol. The highest BCUT2D eigenvalue weighted by molar-refractivity contribution is 6.33. The second kappa shape index (κ2) is 6.98. The Labute approximate surface area is 161 Å². The Morgan fingerprint density at radius 3 is 2.81 bits per heavy atom. The largest absolute Gasteiger partial charge is 0.479 e. The molecule has 0 aromatic heterocycles. The fourth-order valence-corrected chi connectivity index (χ4v) is 4.28. The first kappa shape index (κ1) is 17.4. The van der Waals surface area contributed by atoms with Gasteiger partial charge in [0, 0.05) is 5.92 Å². The second-order valence-corrected chi connectivity index (χ2v) is 7.13. The number of benzene rings is 2. The van der Waals surface area contributed by atoms with Crippen LogP contribution < -0.4 is 10.1 Å². The number of fused-ring (bicyclic) bond motifs is 3. The molecule has 5 nitrogen and oxygen atoms in total. The second-order valence-electron chi connectivity index (χ2n) is 6.72. The Hall–Kier alpha value is -2.97. The molecule has 6 heteroatoms. The number of ether oxygens (including phenoxy) is 1. The Bertz CT molecular complexity index is 963. The van der Waals surface area contributed by atoms with Crippen molar-refractivity contribution < 1.29 is 14.6 Å². The summed E-state index contributed by atoms with van der Waals surface area (Å²) < 4.78 is 5.32. The van der Waals surface area contributed by atoms with Crippen LogP contribution in [0.3, 0.4) is 0 Å². The van der Waals surface area contributed by atoms with Crippen molar-refractivity contribution in [3.8, 4) is 11.8 Å². The number of hydrogen-bond donors (Lipinski definition) is 2. The number of halogens is 1. The van der Waals surface area contributed by atoms with Crippen LogP contribution in [0, 0.1) is 17.2 Å². The maximum Gasteiger partial charge on any atom is 0.335 e. The number of carboxylic acid groups (broad SMARTS) is 1. The van der Waals surface area contributed by atoms with Crippen LogP contribution in [0.5, 0.6) is 5.75 Å². The molecule has 4 rings (SSSR count). The maximum atomic E-state index is 11.4. The summed E-state index contributed by atoms with van der Waals surface area (Å²) in [6.45, 7) is 0.0184. The number of nitriles is 1. The number of carbonyl (C=O) groups is 1. The molecular weight excluding hydrogens is 364 g/mol. The molecule has 0 bridgehead atoms. The quantitative estimate of drug-likeness (QED) is 0.747. The smallest absolute Gasteiger partial charge is 0.335 e. The van der Waals surface area contributed by atoms with E-state index in [1.54, 1.807) is 6.07 Å². The molecule has 0 saturated heterocycles. The number of aromatic carboxylic acids is 1. The molecule has 2 aliphatic rings. The number of allylic oxidation sites excluding steroid dienone is 2. The number of carboxylic acids is 1. The predicted octanol–water partition coefficient (Wildman–Crippen LogP) is 4.77. The van der Waals surface area contributed by atoms with E-state index in [2.05, 4.69) is 17.5 Å². The molecule has 1 heterocycles. The number of rotatable bonds is 4. The van der Waals surface area contributed by atoms with E-state index in [4.69, 9.17) is 21.6 Å². The molecule has 0 fully saturated rings. The van der Waals surface area contributed by atoms with Crippen LogP contribution in [0.1, 0.15) is 39.9 Å². The summed E-state index contributed by atoms with van der Waals surface area (Å²) in [7, 11) is 0. The van der Waals surface area contributed by atoms with E-state index in [1.165, 1.54) is 6.07 Å². The third-order valence-electron chi connectivity index (χ3n) is 5.21. The van der Waals surface area contributed by atoms with Gasteiger partial charge in [0.1, 0.15) is 11.8 Å². The van der Waals surface area contributed by atoms with E-state index in [0.29, 0.717) is 10.8 Å². The van der Waals surface area contributed by atoms with Crippen LogP contribution in [0.25, 0.3) is 0 Å². The van der Waals surface area contributed by atoms with E-state index in [0.717, 1.165) is 23.2 Å². The van der Waals surface area contributed by atoms with Crippen LogP contribution in [0.4, 0.5) is 5.69 Å². The SMILES string of the molecule is N#CCOc1ccc([C@@H]2Nc3c(Cl)cc(C(=O)O)cc3[C@@H]3C=CC[C@@H]32)cc1. The summed E-state index contributed by atoms with van der Waals surface area (Å²) in [5.74, 6) is 0.0797. The van der Waals surface area contributed by atoms with Gasteiger partial charge in [0.25, 0.3) is 0 Å². The average Bonchev–Trinajstić information content (AvgIpc) is 3.16. The summed E-state index contributed by atoms with van der Waals surface area (Å²) in [5.41, 5.74) is 3.03. The minimum atomic E-state index is -0.978. The highest BCUT2D eigenvalue weighted by Gasteiger charge is 2.39. The summed E-state index contributed by atoms with van der Waals surface area (Å²) in [6.07, 6.45) is 5.19. The summed E-state index contributed by atoms with van der Waals surface area (Å²) in [5, 5.41) is 21.9. The summed E-state index contributed by atoms with van der Waals surface area (Å²) in [4.78, 5) is 11.4. The number of nitrogens with one attached hydrogen (secondary N) is 1. The lowest BCUT2D eigenvalue weighted by atomic mass is 9.76. The molecule has 2 N–H and O–H groups in total. The van der Waals surface area contributed by atoms with Crippen LogP contribution in [0.2, 0.25) is 5.02 Å². The zero-order valence-electron chi connectivity index (χ0n) is 14.4. The van der Waals surface area contributed by atoms with Gasteiger partial charge in [-0.15, -0.1) is 0 Å². The van der Waals surface area contributed by atoms with E-state index >= 15 is 0 Å². The van der Waals surface area contributed by atoms with Crippen molar-refractivity contribution in [1.82, 2.24) is 0 Å². The van der Waals surface area contributed by atoms with Crippen molar-refractivity contribution in [2.45, 2.75) is 18.4 Å². The van der Waals surface area contributed by atoms with Crippen molar-refractivity contribution in [2.24, 2.45) is 5.92 Å². The minimum absolute atomic E-state index is 0.0184. The van der Waals surface area contributed by atoms with E-state index in [1.807, 2.05) is 30.3 Å². The molecule has 0 radical (unpaired) electrons. The highest BCUT2D eigenvalue weighted by Crippen LogP contribution is 2.51. The third-order valence-corrected chi connectivity index (χ3v) is 5.51. The number of anilines is 1. The van der Waals surface area contributed by atoms with Crippen LogP contribution in [-0.4, -0.2) is 17.7 Å². The molecule has 0 spiro atoms. The van der Waals surface area contributed by atoms with Gasteiger partial charge in [-0.1, -0.05) is 35.9 Å². The lowest BCUT2D eigenvalue weighted by molar-refractivity contribution is 0.0696. The Morgan fingerprint density at radius 1 is 1.33 bits per heavy atom. The molecule has 2 aromatic carbocycles. The molecule has 0 amide bonds. The van der Waals surface area contributed by atoms with Gasteiger partial charge in [-0.3, -0.25) is 0 Å². The molecule has 1 aliphatic heterocycles. The van der Waals surface area contributed by atoms with Gasteiger partial charge < -0.3 is 15.2 Å². The lowest BCUT2D eigenvalue weighted by Crippen LogP contribution is -2.29. The monoisotopic (exact) mass is 380 g/mol. The fourth-order valence-electron chi connectivity index (χ4n) is 4.00. The molecule has 1 aliphatic carbocycles. The van der Waals surface area contributed by atoms with Crippen molar-refractivity contribution >= 4 is 23.3 Å². The fraction of sp³-hybridized carbons (Fsp3) is 0.238. The molecule has 2 aromatic rings. The number of hydrogen-bond acceptors (Lipinski definition) is 4. The van der Waals surface area contributed by atoms with Crippen LogP contribution >= 0.6 is 11.6 Å².